The number of H-pyrrole nitrogens is 1. The molecule has 1 amide bonds. The number of para-hydroxylation sites is 1. The highest BCUT2D eigenvalue weighted by Gasteiger charge is 2.24. The predicted octanol–water partition coefficient (Wildman–Crippen LogP) is 5.90. The average Bonchev–Trinajstić information content (AvgIpc) is 3.33. The van der Waals surface area contributed by atoms with E-state index in [0.29, 0.717) is 17.9 Å². The second kappa shape index (κ2) is 13.4. The van der Waals surface area contributed by atoms with Crippen molar-refractivity contribution in [1.82, 2.24) is 15.2 Å². The van der Waals surface area contributed by atoms with Gasteiger partial charge in [0.05, 0.1) is 14.2 Å². The second-order valence-corrected chi connectivity index (χ2v) is 9.45. The molecule has 6 heteroatoms. The third kappa shape index (κ3) is 6.61. The van der Waals surface area contributed by atoms with E-state index in [9.17, 15) is 4.79 Å². The van der Waals surface area contributed by atoms with Crippen molar-refractivity contribution in [3.63, 3.8) is 0 Å². The average molecular weight is 494 g/mol. The summed E-state index contributed by atoms with van der Waals surface area (Å²) in [5.41, 5.74) is 4.57. The molecule has 196 valence electrons. The molecule has 2 aromatic carbocycles. The van der Waals surface area contributed by atoms with E-state index in [-0.39, 0.29) is 17.9 Å². The zero-order valence-corrected chi connectivity index (χ0v) is 22.8. The SMILES string of the molecule is CCc1cccc2c([C@H](CC(=O)N[C@@H](C)CCCN(CC)CC)c3ccc(OC)c(OC)c3)c[nH]c12. The third-order valence-corrected chi connectivity index (χ3v) is 7.20. The number of nitrogens with zero attached hydrogens (tertiary/aromatic N) is 1. The van der Waals surface area contributed by atoms with Gasteiger partial charge in [-0.25, -0.2) is 0 Å². The molecule has 0 aliphatic rings. The Morgan fingerprint density at radius 3 is 2.47 bits per heavy atom. The van der Waals surface area contributed by atoms with Gasteiger partial charge in [-0.3, -0.25) is 4.79 Å². The summed E-state index contributed by atoms with van der Waals surface area (Å²) in [6, 6.07) is 12.5. The molecule has 0 saturated heterocycles. The van der Waals surface area contributed by atoms with Crippen LogP contribution in [0.5, 0.6) is 11.5 Å². The number of nitrogens with one attached hydrogen (secondary N) is 2. The van der Waals surface area contributed by atoms with Crippen molar-refractivity contribution < 1.29 is 14.3 Å². The van der Waals surface area contributed by atoms with E-state index in [0.717, 1.165) is 60.9 Å². The fourth-order valence-electron chi connectivity index (χ4n) is 5.05. The molecular weight excluding hydrogens is 450 g/mol. The van der Waals surface area contributed by atoms with E-state index in [1.165, 1.54) is 5.56 Å². The van der Waals surface area contributed by atoms with E-state index >= 15 is 0 Å². The third-order valence-electron chi connectivity index (χ3n) is 7.20. The largest absolute Gasteiger partial charge is 0.493 e. The van der Waals surface area contributed by atoms with Crippen molar-refractivity contribution in [3.05, 3.63) is 59.3 Å². The maximum absolute atomic E-state index is 13.3. The number of hydrogen-bond acceptors (Lipinski definition) is 4. The fourth-order valence-corrected chi connectivity index (χ4v) is 5.05. The van der Waals surface area contributed by atoms with E-state index in [2.05, 4.69) is 67.3 Å². The van der Waals surface area contributed by atoms with Gasteiger partial charge in [-0.1, -0.05) is 45.0 Å². The number of rotatable bonds is 14. The van der Waals surface area contributed by atoms with Crippen LogP contribution in [0.4, 0.5) is 0 Å². The number of benzene rings is 2. The molecule has 3 aromatic rings. The number of carbonyl (C=O) groups excluding carboxylic acids is 1. The molecule has 1 heterocycles. The van der Waals surface area contributed by atoms with Gasteiger partial charge in [-0.2, -0.15) is 0 Å². The smallest absolute Gasteiger partial charge is 0.221 e. The van der Waals surface area contributed by atoms with Gasteiger partial charge in [-0.15, -0.1) is 0 Å². The molecule has 0 unspecified atom stereocenters. The summed E-state index contributed by atoms with van der Waals surface area (Å²) in [6.07, 6.45) is 5.41. The maximum Gasteiger partial charge on any atom is 0.221 e. The Kier molecular flexibility index (Phi) is 10.2. The molecule has 0 aliphatic carbocycles. The van der Waals surface area contributed by atoms with Gasteiger partial charge < -0.3 is 24.7 Å². The minimum absolute atomic E-state index is 0.0612. The lowest BCUT2D eigenvalue weighted by atomic mass is 9.87. The Morgan fingerprint density at radius 1 is 1.06 bits per heavy atom. The van der Waals surface area contributed by atoms with Gasteiger partial charge in [0.1, 0.15) is 0 Å². The first-order valence-electron chi connectivity index (χ1n) is 13.3. The summed E-state index contributed by atoms with van der Waals surface area (Å²) >= 11 is 0. The fraction of sp³-hybridized carbons (Fsp3) is 0.500. The summed E-state index contributed by atoms with van der Waals surface area (Å²) in [5, 5.41) is 4.41. The first-order chi connectivity index (χ1) is 17.4. The molecule has 2 atom stereocenters. The van der Waals surface area contributed by atoms with Gasteiger partial charge in [0.25, 0.3) is 0 Å². The van der Waals surface area contributed by atoms with Gasteiger partial charge >= 0.3 is 0 Å². The zero-order valence-electron chi connectivity index (χ0n) is 22.8. The molecule has 1 aromatic heterocycles. The van der Waals surface area contributed by atoms with E-state index in [1.807, 2.05) is 18.2 Å². The highest BCUT2D eigenvalue weighted by atomic mass is 16.5. The number of ether oxygens (including phenoxy) is 2. The molecule has 36 heavy (non-hydrogen) atoms. The molecule has 0 spiro atoms. The van der Waals surface area contributed by atoms with Crippen LogP contribution in [0.2, 0.25) is 0 Å². The van der Waals surface area contributed by atoms with Crippen molar-refractivity contribution >= 4 is 16.8 Å². The van der Waals surface area contributed by atoms with Crippen LogP contribution in [0.3, 0.4) is 0 Å². The first kappa shape index (κ1) is 27.6. The van der Waals surface area contributed by atoms with Gasteiger partial charge in [0.2, 0.25) is 5.91 Å². The van der Waals surface area contributed by atoms with Crippen LogP contribution >= 0.6 is 0 Å². The molecule has 2 N–H and O–H groups in total. The Morgan fingerprint density at radius 2 is 1.81 bits per heavy atom. The normalized spacial score (nSPS) is 13.1. The second-order valence-electron chi connectivity index (χ2n) is 9.45. The molecule has 0 fully saturated rings. The molecule has 3 rings (SSSR count). The number of methoxy groups -OCH3 is 2. The molecule has 0 aliphatic heterocycles. The zero-order chi connectivity index (χ0) is 26.1. The summed E-state index contributed by atoms with van der Waals surface area (Å²) in [5.74, 6) is 1.29. The summed E-state index contributed by atoms with van der Waals surface area (Å²) < 4.78 is 11.0. The van der Waals surface area contributed by atoms with Crippen LogP contribution < -0.4 is 14.8 Å². The summed E-state index contributed by atoms with van der Waals surface area (Å²) in [4.78, 5) is 19.2. The molecular formula is C30H43N3O3. The van der Waals surface area contributed by atoms with Crippen LogP contribution in [0.15, 0.2) is 42.6 Å². The number of fused-ring (bicyclic) bond motifs is 1. The van der Waals surface area contributed by atoms with Crippen LogP contribution in [-0.2, 0) is 11.2 Å². The Balaban J connectivity index is 1.85. The Bertz CT molecular complexity index is 1120. The molecule has 0 bridgehead atoms. The number of hydrogen-bond donors (Lipinski definition) is 2. The number of aryl methyl sites for hydroxylation is 1. The minimum atomic E-state index is -0.117. The topological polar surface area (TPSA) is 66.6 Å². The van der Waals surface area contributed by atoms with Crippen LogP contribution in [-0.4, -0.2) is 55.7 Å². The lowest BCUT2D eigenvalue weighted by Gasteiger charge is -2.22. The maximum atomic E-state index is 13.3. The van der Waals surface area contributed by atoms with Gasteiger partial charge in [0, 0.05) is 35.5 Å². The number of aromatic nitrogens is 1. The van der Waals surface area contributed by atoms with Crippen LogP contribution in [0.25, 0.3) is 10.9 Å². The van der Waals surface area contributed by atoms with Crippen LogP contribution in [0.1, 0.15) is 69.6 Å². The molecule has 0 saturated carbocycles. The van der Waals surface area contributed by atoms with E-state index in [1.54, 1.807) is 14.2 Å². The highest BCUT2D eigenvalue weighted by Crippen LogP contribution is 2.38. The van der Waals surface area contributed by atoms with Gasteiger partial charge in [-0.05, 0) is 74.6 Å². The van der Waals surface area contributed by atoms with Crippen molar-refractivity contribution in [2.45, 2.75) is 65.3 Å². The lowest BCUT2D eigenvalue weighted by molar-refractivity contribution is -0.121. The predicted molar refractivity (Wildman–Crippen MR) is 148 cm³/mol. The minimum Gasteiger partial charge on any atom is -0.493 e. The number of amides is 1. The standard InChI is InChI=1S/C30H43N3O3/c1-7-22-13-10-14-24-26(20-31-30(22)24)25(23-15-16-27(35-5)28(18-23)36-6)19-29(34)32-21(4)12-11-17-33(8-2)9-3/h10,13-16,18,20-21,25,31H,7-9,11-12,17,19H2,1-6H3,(H,32,34)/t21-,25+/m0/s1. The molecule has 0 radical (unpaired) electrons. The van der Waals surface area contributed by atoms with Gasteiger partial charge in [0.15, 0.2) is 11.5 Å². The quantitative estimate of drug-likeness (QED) is 0.294. The van der Waals surface area contributed by atoms with Crippen molar-refractivity contribution in [2.75, 3.05) is 33.9 Å². The number of carbonyl (C=O) groups is 1. The molecule has 6 nitrogen and oxygen atoms in total. The van der Waals surface area contributed by atoms with Crippen molar-refractivity contribution in [1.29, 1.82) is 0 Å². The van der Waals surface area contributed by atoms with Crippen molar-refractivity contribution in [2.24, 2.45) is 0 Å². The lowest BCUT2D eigenvalue weighted by Crippen LogP contribution is -2.34. The van der Waals surface area contributed by atoms with E-state index < -0.39 is 0 Å². The van der Waals surface area contributed by atoms with Crippen molar-refractivity contribution in [3.8, 4) is 11.5 Å². The van der Waals surface area contributed by atoms with E-state index in [4.69, 9.17) is 9.47 Å². The monoisotopic (exact) mass is 493 g/mol. The number of aromatic amines is 1. The first-order valence-corrected chi connectivity index (χ1v) is 13.3. The van der Waals surface area contributed by atoms with Crippen LogP contribution in [0, 0.1) is 0 Å². The Labute approximate surface area is 216 Å². The highest BCUT2D eigenvalue weighted by molar-refractivity contribution is 5.88. The summed E-state index contributed by atoms with van der Waals surface area (Å²) in [6.45, 7) is 11.8. The summed E-state index contributed by atoms with van der Waals surface area (Å²) in [7, 11) is 3.28. The Hall–Kier alpha value is -2.99.